The molecule has 3 heterocycles. The standard InChI is InChI=1S/C30H35N5O5/c1-30(2,3)40-28(38)33-24(15-20-17-31-22-12-8-7-11-21(20)22)27(37)32-23-13-14-34-25(23)16-26(36)35(29(34)39)18-19-9-5-4-6-10-19/h4-12,17,23-25,31H,13-16,18H2,1-3H3,(H,32,37)(H,33,38)/t23-,24-,25+/m1/s1. The first-order chi connectivity index (χ1) is 19.1. The van der Waals surface area contributed by atoms with Gasteiger partial charge in [0.05, 0.1) is 18.6 Å². The number of nitrogens with one attached hydrogen (secondary N) is 3. The number of aromatic amines is 1. The number of imide groups is 1. The third-order valence-corrected chi connectivity index (χ3v) is 7.32. The molecule has 5 rings (SSSR count). The second kappa shape index (κ2) is 11.0. The minimum Gasteiger partial charge on any atom is -0.444 e. The fourth-order valence-electron chi connectivity index (χ4n) is 5.45. The molecule has 3 atom stereocenters. The molecule has 10 nitrogen and oxygen atoms in total. The summed E-state index contributed by atoms with van der Waals surface area (Å²) in [6.45, 7) is 5.91. The minimum absolute atomic E-state index is 0.121. The number of amides is 5. The van der Waals surface area contributed by atoms with Gasteiger partial charge in [-0.1, -0.05) is 48.5 Å². The quantitative estimate of drug-likeness (QED) is 0.418. The third kappa shape index (κ3) is 5.95. The number of para-hydroxylation sites is 1. The van der Waals surface area contributed by atoms with Crippen LogP contribution in [-0.4, -0.2) is 69.0 Å². The van der Waals surface area contributed by atoms with Gasteiger partial charge in [-0.05, 0) is 44.4 Å². The van der Waals surface area contributed by atoms with Gasteiger partial charge in [-0.25, -0.2) is 9.59 Å². The smallest absolute Gasteiger partial charge is 0.408 e. The summed E-state index contributed by atoms with van der Waals surface area (Å²) in [5, 5.41) is 6.72. The number of alkyl carbamates (subject to hydrolysis) is 1. The molecule has 0 spiro atoms. The van der Waals surface area contributed by atoms with E-state index in [-0.39, 0.29) is 31.3 Å². The normalized spacial score (nSPS) is 19.9. The number of H-pyrrole nitrogens is 1. The van der Waals surface area contributed by atoms with E-state index in [0.29, 0.717) is 13.0 Å². The zero-order chi connectivity index (χ0) is 28.4. The SMILES string of the molecule is CC(C)(C)OC(=O)N[C@H](Cc1c[nH]c2ccccc12)C(=O)N[C@@H]1CCN2C(=O)N(Cc3ccccc3)C(=O)C[C@@H]12. The Morgan fingerprint density at radius 3 is 2.55 bits per heavy atom. The predicted octanol–water partition coefficient (Wildman–Crippen LogP) is 3.72. The largest absolute Gasteiger partial charge is 0.444 e. The molecule has 3 N–H and O–H groups in total. The summed E-state index contributed by atoms with van der Waals surface area (Å²) >= 11 is 0. The van der Waals surface area contributed by atoms with Gasteiger partial charge in [0.15, 0.2) is 0 Å². The van der Waals surface area contributed by atoms with Crippen LogP contribution in [0.25, 0.3) is 10.9 Å². The molecule has 0 aliphatic carbocycles. The van der Waals surface area contributed by atoms with Crippen molar-refractivity contribution in [3.8, 4) is 0 Å². The van der Waals surface area contributed by atoms with E-state index in [0.717, 1.165) is 22.0 Å². The van der Waals surface area contributed by atoms with Crippen LogP contribution in [0.4, 0.5) is 9.59 Å². The van der Waals surface area contributed by atoms with Crippen LogP contribution in [0.1, 0.15) is 44.7 Å². The van der Waals surface area contributed by atoms with E-state index in [9.17, 15) is 19.2 Å². The third-order valence-electron chi connectivity index (χ3n) is 7.32. The molecule has 40 heavy (non-hydrogen) atoms. The van der Waals surface area contributed by atoms with Gasteiger partial charge in [0.1, 0.15) is 11.6 Å². The number of carbonyl (C=O) groups is 4. The number of ether oxygens (including phenoxy) is 1. The molecular weight excluding hydrogens is 510 g/mol. The highest BCUT2D eigenvalue weighted by atomic mass is 16.6. The summed E-state index contributed by atoms with van der Waals surface area (Å²) in [6, 6.07) is 15.0. The van der Waals surface area contributed by atoms with Gasteiger partial charge in [0.25, 0.3) is 0 Å². The molecule has 2 aliphatic heterocycles. The van der Waals surface area contributed by atoms with Crippen molar-refractivity contribution in [1.82, 2.24) is 25.4 Å². The van der Waals surface area contributed by atoms with Crippen LogP contribution in [0.5, 0.6) is 0 Å². The number of aromatic nitrogens is 1. The lowest BCUT2D eigenvalue weighted by molar-refractivity contribution is -0.133. The summed E-state index contributed by atoms with van der Waals surface area (Å²) in [5.41, 5.74) is 1.95. The van der Waals surface area contributed by atoms with Crippen LogP contribution < -0.4 is 10.6 Å². The lowest BCUT2D eigenvalue weighted by Gasteiger charge is -2.38. The molecule has 2 saturated heterocycles. The molecule has 3 aromatic rings. The molecule has 0 bridgehead atoms. The van der Waals surface area contributed by atoms with E-state index < -0.39 is 35.7 Å². The summed E-state index contributed by atoms with van der Waals surface area (Å²) in [4.78, 5) is 58.7. The molecule has 5 amide bonds. The Hall–Kier alpha value is -4.34. The summed E-state index contributed by atoms with van der Waals surface area (Å²) < 4.78 is 5.43. The molecular formula is C30H35N5O5. The average Bonchev–Trinajstić information content (AvgIpc) is 3.50. The Bertz CT molecular complexity index is 1410. The first-order valence-electron chi connectivity index (χ1n) is 13.6. The molecule has 210 valence electrons. The van der Waals surface area contributed by atoms with Gasteiger partial charge in [-0.3, -0.25) is 14.5 Å². The van der Waals surface area contributed by atoms with E-state index in [1.165, 1.54) is 4.90 Å². The average molecular weight is 546 g/mol. The molecule has 2 aliphatic rings. The number of benzene rings is 2. The molecule has 0 unspecified atom stereocenters. The van der Waals surface area contributed by atoms with Gasteiger partial charge in [-0.15, -0.1) is 0 Å². The minimum atomic E-state index is -0.923. The molecule has 0 radical (unpaired) electrons. The number of urea groups is 1. The first-order valence-corrected chi connectivity index (χ1v) is 13.6. The summed E-state index contributed by atoms with van der Waals surface area (Å²) in [5.74, 6) is -0.659. The highest BCUT2D eigenvalue weighted by Gasteiger charge is 2.46. The Balaban J connectivity index is 1.30. The van der Waals surface area contributed by atoms with E-state index in [4.69, 9.17) is 4.74 Å². The number of rotatable bonds is 7. The number of carbonyl (C=O) groups excluding carboxylic acids is 4. The van der Waals surface area contributed by atoms with Crippen molar-refractivity contribution in [3.63, 3.8) is 0 Å². The Kier molecular flexibility index (Phi) is 7.51. The van der Waals surface area contributed by atoms with Gasteiger partial charge < -0.3 is 25.3 Å². The first kappa shape index (κ1) is 27.2. The lowest BCUT2D eigenvalue weighted by atomic mass is 10.0. The topological polar surface area (TPSA) is 124 Å². The second-order valence-electron chi connectivity index (χ2n) is 11.4. The maximum Gasteiger partial charge on any atom is 0.408 e. The Labute approximate surface area is 233 Å². The van der Waals surface area contributed by atoms with Crippen LogP contribution >= 0.6 is 0 Å². The van der Waals surface area contributed by atoms with Crippen LogP contribution in [0.2, 0.25) is 0 Å². The van der Waals surface area contributed by atoms with Crippen molar-refractivity contribution in [1.29, 1.82) is 0 Å². The number of fused-ring (bicyclic) bond motifs is 2. The van der Waals surface area contributed by atoms with E-state index >= 15 is 0 Å². The molecule has 1 aromatic heterocycles. The van der Waals surface area contributed by atoms with E-state index in [1.807, 2.05) is 60.8 Å². The van der Waals surface area contributed by atoms with Crippen molar-refractivity contribution in [2.75, 3.05) is 6.54 Å². The summed E-state index contributed by atoms with van der Waals surface area (Å²) in [7, 11) is 0. The van der Waals surface area contributed by atoms with Gasteiger partial charge in [-0.2, -0.15) is 0 Å². The van der Waals surface area contributed by atoms with Crippen LogP contribution in [0, 0.1) is 0 Å². The Morgan fingerprint density at radius 2 is 1.80 bits per heavy atom. The number of nitrogens with zero attached hydrogens (tertiary/aromatic N) is 2. The van der Waals surface area contributed by atoms with Gasteiger partial charge in [0, 0.05) is 36.5 Å². The fraction of sp³-hybridized carbons (Fsp3) is 0.400. The van der Waals surface area contributed by atoms with Crippen molar-refractivity contribution < 1.29 is 23.9 Å². The van der Waals surface area contributed by atoms with Crippen molar-refractivity contribution in [2.24, 2.45) is 0 Å². The number of hydrogen-bond acceptors (Lipinski definition) is 5. The van der Waals surface area contributed by atoms with E-state index in [2.05, 4.69) is 15.6 Å². The molecule has 10 heteroatoms. The van der Waals surface area contributed by atoms with Crippen LogP contribution in [0.3, 0.4) is 0 Å². The maximum absolute atomic E-state index is 13.6. The molecule has 2 fully saturated rings. The highest BCUT2D eigenvalue weighted by Crippen LogP contribution is 2.29. The monoisotopic (exact) mass is 545 g/mol. The zero-order valence-corrected chi connectivity index (χ0v) is 23.0. The van der Waals surface area contributed by atoms with Crippen molar-refractivity contribution in [3.05, 3.63) is 71.9 Å². The van der Waals surface area contributed by atoms with Crippen molar-refractivity contribution >= 4 is 34.8 Å². The predicted molar refractivity (Wildman–Crippen MR) is 149 cm³/mol. The van der Waals surface area contributed by atoms with Crippen LogP contribution in [0.15, 0.2) is 60.8 Å². The lowest BCUT2D eigenvalue weighted by Crippen LogP contribution is -2.59. The fourth-order valence-corrected chi connectivity index (χ4v) is 5.45. The van der Waals surface area contributed by atoms with Gasteiger partial charge in [0.2, 0.25) is 11.8 Å². The van der Waals surface area contributed by atoms with Gasteiger partial charge >= 0.3 is 12.1 Å². The molecule has 2 aromatic carbocycles. The Morgan fingerprint density at radius 1 is 1.07 bits per heavy atom. The van der Waals surface area contributed by atoms with Crippen molar-refractivity contribution in [2.45, 2.75) is 70.3 Å². The maximum atomic E-state index is 13.6. The second-order valence-corrected chi connectivity index (χ2v) is 11.4. The molecule has 0 saturated carbocycles. The zero-order valence-electron chi connectivity index (χ0n) is 23.0. The highest BCUT2D eigenvalue weighted by molar-refractivity contribution is 5.98. The number of hydrogen-bond donors (Lipinski definition) is 3. The van der Waals surface area contributed by atoms with E-state index in [1.54, 1.807) is 25.7 Å². The van der Waals surface area contributed by atoms with Crippen LogP contribution in [-0.2, 0) is 27.3 Å². The summed E-state index contributed by atoms with van der Waals surface area (Å²) in [6.07, 6.45) is 2.01.